The summed E-state index contributed by atoms with van der Waals surface area (Å²) in [6.45, 7) is 8.95. The van der Waals surface area contributed by atoms with Crippen molar-refractivity contribution in [2.45, 2.75) is 52.5 Å². The fourth-order valence-corrected chi connectivity index (χ4v) is 3.82. The van der Waals surface area contributed by atoms with Crippen LogP contribution in [0.25, 0.3) is 0 Å². The minimum Gasteiger partial charge on any atom is -0.378 e. The molecule has 3 N–H and O–H groups in total. The molecule has 1 aliphatic rings. The Kier molecular flexibility index (Phi) is 11.1. The predicted molar refractivity (Wildman–Crippen MR) is 127 cm³/mol. The molecule has 0 unspecified atom stereocenters. The molecule has 184 valence electrons. The summed E-state index contributed by atoms with van der Waals surface area (Å²) in [5, 5.41) is 15.8. The third-order valence-corrected chi connectivity index (χ3v) is 5.66. The number of unbranched alkanes of at least 4 members (excludes halogenated alkanes) is 1. The van der Waals surface area contributed by atoms with Gasteiger partial charge in [-0.15, -0.1) is 0 Å². The highest BCUT2D eigenvalue weighted by Crippen LogP contribution is 2.20. The van der Waals surface area contributed by atoms with E-state index in [1.807, 2.05) is 45.0 Å². The number of ether oxygens (including phenoxy) is 1. The zero-order chi connectivity index (χ0) is 24.2. The molecule has 0 radical (unpaired) electrons. The normalized spacial score (nSPS) is 15.6. The van der Waals surface area contributed by atoms with E-state index >= 15 is 0 Å². The second-order valence-electron chi connectivity index (χ2n) is 8.89. The molecule has 0 spiro atoms. The van der Waals surface area contributed by atoms with E-state index in [1.165, 1.54) is 0 Å². The first-order valence-corrected chi connectivity index (χ1v) is 11.8. The van der Waals surface area contributed by atoms with E-state index < -0.39 is 12.0 Å². The van der Waals surface area contributed by atoms with Crippen molar-refractivity contribution in [1.82, 2.24) is 10.4 Å². The lowest BCUT2D eigenvalue weighted by Crippen LogP contribution is -2.48. The van der Waals surface area contributed by atoms with Crippen molar-refractivity contribution in [3.05, 3.63) is 24.3 Å². The van der Waals surface area contributed by atoms with Crippen LogP contribution in [0.5, 0.6) is 0 Å². The number of hydrogen-bond donors (Lipinski definition) is 3. The number of hydrogen-bond acceptors (Lipinski definition) is 6. The molecule has 1 aromatic carbocycles. The van der Waals surface area contributed by atoms with Gasteiger partial charge in [0.05, 0.1) is 25.7 Å². The largest absolute Gasteiger partial charge is 0.378 e. The van der Waals surface area contributed by atoms with Crippen LogP contribution < -0.4 is 15.5 Å². The van der Waals surface area contributed by atoms with Crippen LogP contribution in [0.2, 0.25) is 0 Å². The molecule has 2 rings (SSSR count). The van der Waals surface area contributed by atoms with E-state index in [2.05, 4.69) is 15.5 Å². The molecule has 1 fully saturated rings. The molecule has 9 heteroatoms. The molecule has 1 saturated heterocycles. The molecule has 2 atom stereocenters. The van der Waals surface area contributed by atoms with E-state index in [9.17, 15) is 19.6 Å². The van der Waals surface area contributed by atoms with Crippen molar-refractivity contribution >= 4 is 29.6 Å². The van der Waals surface area contributed by atoms with Gasteiger partial charge in [-0.05, 0) is 43.0 Å². The van der Waals surface area contributed by atoms with E-state index in [0.717, 1.165) is 31.6 Å². The number of carbonyl (C=O) groups excluding carboxylic acids is 3. The number of amides is 3. The summed E-state index contributed by atoms with van der Waals surface area (Å²) >= 11 is 0. The molecule has 0 saturated carbocycles. The van der Waals surface area contributed by atoms with Gasteiger partial charge in [0.15, 0.2) is 0 Å². The van der Waals surface area contributed by atoms with Gasteiger partial charge in [-0.1, -0.05) is 33.6 Å². The van der Waals surface area contributed by atoms with Crippen molar-refractivity contribution in [3.8, 4) is 0 Å². The van der Waals surface area contributed by atoms with E-state index in [-0.39, 0.29) is 30.7 Å². The highest BCUT2D eigenvalue weighted by molar-refractivity contribution is 5.97. The van der Waals surface area contributed by atoms with Gasteiger partial charge < -0.3 is 20.3 Å². The standard InChI is InChI=1S/C24H38N4O5/c1-4-5-6-19(16-28(32)17-29)23(30)26-22(15-18(2)3)24(31)25-20-7-9-21(10-8-20)27-11-13-33-14-12-27/h7-10,17-19,22,32H,4-6,11-16H2,1-3H3,(H,25,31)(H,26,30)/t19-,22+/m1/s1. The van der Waals surface area contributed by atoms with Crippen molar-refractivity contribution in [2.24, 2.45) is 11.8 Å². The summed E-state index contributed by atoms with van der Waals surface area (Å²) in [7, 11) is 0. The maximum Gasteiger partial charge on any atom is 0.246 e. The first kappa shape index (κ1) is 26.6. The molecule has 3 amide bonds. The van der Waals surface area contributed by atoms with Gasteiger partial charge in [0.2, 0.25) is 18.2 Å². The zero-order valence-electron chi connectivity index (χ0n) is 20.0. The predicted octanol–water partition coefficient (Wildman–Crippen LogP) is 2.65. The van der Waals surface area contributed by atoms with Crippen molar-refractivity contribution < 1.29 is 24.3 Å². The van der Waals surface area contributed by atoms with Gasteiger partial charge in [0, 0.05) is 24.5 Å². The average Bonchev–Trinajstić information content (AvgIpc) is 2.81. The Morgan fingerprint density at radius 3 is 2.42 bits per heavy atom. The Hall–Kier alpha value is -2.65. The lowest BCUT2D eigenvalue weighted by atomic mass is 9.98. The summed E-state index contributed by atoms with van der Waals surface area (Å²) in [5.41, 5.74) is 1.73. The number of hydroxylamine groups is 2. The number of morpholine rings is 1. The third kappa shape index (κ3) is 9.01. The van der Waals surface area contributed by atoms with E-state index in [4.69, 9.17) is 4.74 Å². The number of carbonyl (C=O) groups is 3. The molecule has 9 nitrogen and oxygen atoms in total. The maximum absolute atomic E-state index is 13.0. The molecular formula is C24H38N4O5. The average molecular weight is 463 g/mol. The van der Waals surface area contributed by atoms with Gasteiger partial charge >= 0.3 is 0 Å². The lowest BCUT2D eigenvalue weighted by Gasteiger charge is -2.29. The van der Waals surface area contributed by atoms with Crippen LogP contribution in [-0.4, -0.2) is 67.4 Å². The summed E-state index contributed by atoms with van der Waals surface area (Å²) < 4.78 is 5.39. The number of rotatable bonds is 13. The van der Waals surface area contributed by atoms with Crippen LogP contribution in [0.15, 0.2) is 24.3 Å². The molecule has 1 aromatic rings. The Bertz CT molecular complexity index is 750. The summed E-state index contributed by atoms with van der Waals surface area (Å²) in [6, 6.07) is 6.92. The molecule has 0 aliphatic carbocycles. The van der Waals surface area contributed by atoms with Gasteiger partial charge in [-0.3, -0.25) is 19.6 Å². The van der Waals surface area contributed by atoms with Crippen molar-refractivity contribution in [2.75, 3.05) is 43.1 Å². The molecule has 0 bridgehead atoms. The van der Waals surface area contributed by atoms with Gasteiger partial charge in [0.25, 0.3) is 0 Å². The van der Waals surface area contributed by atoms with Crippen LogP contribution >= 0.6 is 0 Å². The highest BCUT2D eigenvalue weighted by atomic mass is 16.5. The van der Waals surface area contributed by atoms with Crippen LogP contribution in [0.1, 0.15) is 46.5 Å². The van der Waals surface area contributed by atoms with Gasteiger partial charge in [0.1, 0.15) is 6.04 Å². The monoisotopic (exact) mass is 462 g/mol. The maximum atomic E-state index is 13.0. The smallest absolute Gasteiger partial charge is 0.246 e. The number of benzene rings is 1. The Balaban J connectivity index is 2.03. The lowest BCUT2D eigenvalue weighted by molar-refractivity contribution is -0.155. The van der Waals surface area contributed by atoms with Gasteiger partial charge in [-0.25, -0.2) is 5.06 Å². The Morgan fingerprint density at radius 1 is 1.18 bits per heavy atom. The quantitative estimate of drug-likeness (QED) is 0.236. The highest BCUT2D eigenvalue weighted by Gasteiger charge is 2.27. The molecule has 33 heavy (non-hydrogen) atoms. The first-order chi connectivity index (χ1) is 15.8. The van der Waals surface area contributed by atoms with Crippen LogP contribution in [0.3, 0.4) is 0 Å². The second kappa shape index (κ2) is 13.8. The van der Waals surface area contributed by atoms with Gasteiger partial charge in [-0.2, -0.15) is 0 Å². The van der Waals surface area contributed by atoms with E-state index in [0.29, 0.717) is 36.8 Å². The minimum absolute atomic E-state index is 0.103. The first-order valence-electron chi connectivity index (χ1n) is 11.8. The van der Waals surface area contributed by atoms with Crippen LogP contribution in [-0.2, 0) is 19.1 Å². The molecule has 1 heterocycles. The van der Waals surface area contributed by atoms with Crippen molar-refractivity contribution in [1.29, 1.82) is 0 Å². The minimum atomic E-state index is -0.719. The Labute approximate surface area is 196 Å². The topological polar surface area (TPSA) is 111 Å². The van der Waals surface area contributed by atoms with Crippen LogP contribution in [0, 0.1) is 11.8 Å². The van der Waals surface area contributed by atoms with Crippen molar-refractivity contribution in [3.63, 3.8) is 0 Å². The fraction of sp³-hybridized carbons (Fsp3) is 0.625. The molecular weight excluding hydrogens is 424 g/mol. The summed E-state index contributed by atoms with van der Waals surface area (Å²) in [5.74, 6) is -1.03. The molecule has 0 aromatic heterocycles. The number of nitrogens with one attached hydrogen (secondary N) is 2. The molecule has 1 aliphatic heterocycles. The SMILES string of the molecule is CCCC[C@H](CN(O)C=O)C(=O)N[C@@H](CC(C)C)C(=O)Nc1ccc(N2CCOCC2)cc1. The number of nitrogens with zero attached hydrogens (tertiary/aromatic N) is 2. The van der Waals surface area contributed by atoms with Crippen LogP contribution in [0.4, 0.5) is 11.4 Å². The third-order valence-electron chi connectivity index (χ3n) is 5.66. The fourth-order valence-electron chi connectivity index (χ4n) is 3.82. The second-order valence-corrected chi connectivity index (χ2v) is 8.89. The Morgan fingerprint density at radius 2 is 1.85 bits per heavy atom. The summed E-state index contributed by atoms with van der Waals surface area (Å²) in [6.07, 6.45) is 2.94. The summed E-state index contributed by atoms with van der Waals surface area (Å²) in [4.78, 5) is 39.0. The van der Waals surface area contributed by atoms with E-state index in [1.54, 1.807) is 0 Å². The zero-order valence-corrected chi connectivity index (χ0v) is 20.0. The number of anilines is 2.